The number of hydrogen-bond acceptors (Lipinski definition) is 14. The fourth-order valence-corrected chi connectivity index (χ4v) is 14.0. The van der Waals surface area contributed by atoms with Gasteiger partial charge in [0.15, 0.2) is 12.6 Å². The number of rotatable bonds is 8. The Hall–Kier alpha value is -0.820. The van der Waals surface area contributed by atoms with Crippen molar-refractivity contribution >= 4 is 0 Å². The fraction of sp³-hybridized carbons (Fsp3) is 0.953. The Kier molecular flexibility index (Phi) is 11.8. The second kappa shape index (κ2) is 15.2. The highest BCUT2D eigenvalue weighted by atomic mass is 16.7. The van der Waals surface area contributed by atoms with Crippen LogP contribution in [0, 0.1) is 50.2 Å². The summed E-state index contributed by atoms with van der Waals surface area (Å²) in [6, 6.07) is 0. The monoisotopic (exact) mass is 812 g/mol. The summed E-state index contributed by atoms with van der Waals surface area (Å²) in [5.74, 6) is 0.0264. The predicted octanol–water partition coefficient (Wildman–Crippen LogP) is 1.39. The van der Waals surface area contributed by atoms with E-state index in [1.807, 2.05) is 6.92 Å². The molecule has 2 saturated heterocycles. The Morgan fingerprint density at radius 2 is 1.42 bits per heavy atom. The summed E-state index contributed by atoms with van der Waals surface area (Å²) in [5.41, 5.74) is -0.934. The van der Waals surface area contributed by atoms with Crippen LogP contribution in [0.3, 0.4) is 0 Å². The largest absolute Gasteiger partial charge is 0.396 e. The van der Waals surface area contributed by atoms with E-state index in [0.29, 0.717) is 12.8 Å². The van der Waals surface area contributed by atoms with Crippen LogP contribution in [-0.4, -0.2) is 153 Å². The third kappa shape index (κ3) is 6.48. The van der Waals surface area contributed by atoms with Crippen LogP contribution < -0.4 is 0 Å². The molecule has 0 aromatic carbocycles. The maximum atomic E-state index is 12.1. The molecule has 328 valence electrons. The molecule has 0 bridgehead atoms. The first kappa shape index (κ1) is 44.2. The summed E-state index contributed by atoms with van der Waals surface area (Å²) < 4.78 is 30.6. The van der Waals surface area contributed by atoms with Gasteiger partial charge in [-0.3, -0.25) is 0 Å². The number of allylic oxidation sites excluding steroid dienone is 1. The van der Waals surface area contributed by atoms with Crippen LogP contribution in [-0.2, 0) is 23.7 Å². The van der Waals surface area contributed by atoms with Crippen molar-refractivity contribution in [3.8, 4) is 0 Å². The lowest BCUT2D eigenvalue weighted by Crippen LogP contribution is -2.70. The Morgan fingerprint density at radius 1 is 0.737 bits per heavy atom. The first-order chi connectivity index (χ1) is 26.6. The molecule has 4 saturated carbocycles. The fourth-order valence-electron chi connectivity index (χ4n) is 14.0. The molecule has 7 aliphatic rings. The van der Waals surface area contributed by atoms with Crippen molar-refractivity contribution in [1.82, 2.24) is 0 Å². The van der Waals surface area contributed by atoms with Crippen LogP contribution in [0.1, 0.15) is 99.8 Å². The zero-order valence-electron chi connectivity index (χ0n) is 35.2. The molecule has 2 aliphatic heterocycles. The maximum Gasteiger partial charge on any atom is 0.187 e. The van der Waals surface area contributed by atoms with E-state index in [9.17, 15) is 46.0 Å². The molecule has 7 rings (SSSR count). The molecule has 2 heterocycles. The SMILES string of the molecule is COC1C=C2C3CC(C)(C)CCC3(CO)[C@H](O)C[C@@]2(C)[C@]2(C)CCC3[C@](C)(CCC(O[C@H]4O[C@H](C)[C@H](O)[C@H](O[C@@H]5O[C@H](CO)[C@@H](O)[C@H](O)[C@H]5O)[C@H]4O)[C@@]3(C)CO)C12. The molecule has 6 unspecified atom stereocenters. The number of fused-ring (bicyclic) bond motifs is 7. The van der Waals surface area contributed by atoms with Gasteiger partial charge in [0.1, 0.15) is 42.7 Å². The van der Waals surface area contributed by atoms with Crippen molar-refractivity contribution in [3.05, 3.63) is 11.6 Å². The molecule has 0 aromatic rings. The Morgan fingerprint density at radius 3 is 2.05 bits per heavy atom. The van der Waals surface area contributed by atoms with Crippen LogP contribution in [0.25, 0.3) is 0 Å². The summed E-state index contributed by atoms with van der Waals surface area (Å²) >= 11 is 0. The van der Waals surface area contributed by atoms with Gasteiger partial charge in [-0.2, -0.15) is 0 Å². The average molecular weight is 813 g/mol. The lowest BCUT2D eigenvalue weighted by molar-refractivity contribution is -0.368. The van der Waals surface area contributed by atoms with Gasteiger partial charge in [0, 0.05) is 23.9 Å². The molecule has 0 spiro atoms. The number of ether oxygens (including phenoxy) is 5. The van der Waals surface area contributed by atoms with Gasteiger partial charge < -0.3 is 69.6 Å². The lowest BCUT2D eigenvalue weighted by atomic mass is 9.32. The van der Waals surface area contributed by atoms with Crippen molar-refractivity contribution in [1.29, 1.82) is 0 Å². The molecule has 5 aliphatic carbocycles. The molecule has 0 radical (unpaired) electrons. The minimum Gasteiger partial charge on any atom is -0.396 e. The zero-order chi connectivity index (χ0) is 41.8. The highest BCUT2D eigenvalue weighted by molar-refractivity contribution is 5.37. The first-order valence-corrected chi connectivity index (χ1v) is 21.4. The van der Waals surface area contributed by atoms with Gasteiger partial charge in [-0.1, -0.05) is 53.2 Å². The molecule has 14 heteroatoms. The van der Waals surface area contributed by atoms with Crippen LogP contribution in [0.2, 0.25) is 0 Å². The average Bonchev–Trinajstić information content (AvgIpc) is 3.16. The van der Waals surface area contributed by atoms with Gasteiger partial charge in [0.05, 0.1) is 44.2 Å². The van der Waals surface area contributed by atoms with Crippen LogP contribution in [0.4, 0.5) is 0 Å². The molecular weight excluding hydrogens is 740 g/mol. The van der Waals surface area contributed by atoms with E-state index in [4.69, 9.17) is 23.7 Å². The minimum absolute atomic E-state index is 0.0303. The zero-order valence-corrected chi connectivity index (χ0v) is 35.2. The van der Waals surface area contributed by atoms with Crippen molar-refractivity contribution in [2.45, 2.75) is 180 Å². The Labute approximate surface area is 337 Å². The van der Waals surface area contributed by atoms with E-state index in [0.717, 1.165) is 38.5 Å². The van der Waals surface area contributed by atoms with Gasteiger partial charge in [0.2, 0.25) is 0 Å². The second-order valence-electron chi connectivity index (χ2n) is 21.0. The van der Waals surface area contributed by atoms with E-state index < -0.39 is 91.1 Å². The number of aliphatic hydroxyl groups excluding tert-OH is 9. The molecule has 0 amide bonds. The summed E-state index contributed by atoms with van der Waals surface area (Å²) in [6.45, 7) is 14.4. The standard InChI is InChI=1S/C43H72O14/c1-21-29(48)34(57-36-32(51)31(50)30(49)25(18-44)55-36)33(52)37(54-21)56-28-10-11-39(4)26(40(28,5)19-45)9-12-41(6)35(39)24(53-8)15-22-23-16-38(2,3)13-14-43(23,20-46)27(47)17-42(22,41)7/h15,21,23-37,44-52H,9-14,16-20H2,1-8H3/t21-,23?,24?,25-,26?,27-,28?,29+,30-,31+,32-,33-,34+,35?,36+,37-,39+,40+,41-,42-,43?/m1/s1. The van der Waals surface area contributed by atoms with Crippen LogP contribution in [0.5, 0.6) is 0 Å². The number of methoxy groups -OCH3 is 1. The van der Waals surface area contributed by atoms with Gasteiger partial charge in [0.25, 0.3) is 0 Å². The number of hydrogen-bond donors (Lipinski definition) is 9. The molecule has 57 heavy (non-hydrogen) atoms. The molecular formula is C43H72O14. The highest BCUT2D eigenvalue weighted by Crippen LogP contribution is 2.76. The van der Waals surface area contributed by atoms with Crippen molar-refractivity contribution < 1.29 is 69.6 Å². The third-order valence-electron chi connectivity index (χ3n) is 17.7. The quantitative estimate of drug-likeness (QED) is 0.125. The smallest absolute Gasteiger partial charge is 0.187 e. The van der Waals surface area contributed by atoms with Crippen LogP contribution in [0.15, 0.2) is 11.6 Å². The molecule has 14 nitrogen and oxygen atoms in total. The summed E-state index contributed by atoms with van der Waals surface area (Å²) in [4.78, 5) is 0. The Balaban J connectivity index is 1.17. The minimum atomic E-state index is -1.74. The molecule has 6 fully saturated rings. The van der Waals surface area contributed by atoms with E-state index in [1.165, 1.54) is 5.57 Å². The molecule has 9 N–H and O–H groups in total. The number of aliphatic hydroxyl groups is 9. The van der Waals surface area contributed by atoms with Gasteiger partial charge >= 0.3 is 0 Å². The Bertz CT molecular complexity index is 1490. The second-order valence-corrected chi connectivity index (χ2v) is 21.0. The third-order valence-corrected chi connectivity index (χ3v) is 17.7. The van der Waals surface area contributed by atoms with Gasteiger partial charge in [-0.15, -0.1) is 0 Å². The molecule has 21 atom stereocenters. The summed E-state index contributed by atoms with van der Waals surface area (Å²) in [7, 11) is 1.78. The van der Waals surface area contributed by atoms with E-state index in [-0.39, 0.29) is 58.7 Å². The van der Waals surface area contributed by atoms with Crippen molar-refractivity contribution in [3.63, 3.8) is 0 Å². The maximum absolute atomic E-state index is 12.1. The van der Waals surface area contributed by atoms with Gasteiger partial charge in [-0.05, 0) is 91.8 Å². The molecule has 0 aromatic heterocycles. The lowest BCUT2D eigenvalue weighted by Gasteiger charge is -2.73. The normalized spacial score (nSPS) is 56.1. The van der Waals surface area contributed by atoms with E-state index in [1.54, 1.807) is 14.0 Å². The topological polar surface area (TPSA) is 228 Å². The highest BCUT2D eigenvalue weighted by Gasteiger charge is 2.72. The summed E-state index contributed by atoms with van der Waals surface area (Å²) in [5, 5.41) is 98.1. The van der Waals surface area contributed by atoms with Crippen LogP contribution >= 0.6 is 0 Å². The van der Waals surface area contributed by atoms with E-state index >= 15 is 0 Å². The van der Waals surface area contributed by atoms with E-state index in [2.05, 4.69) is 40.7 Å². The van der Waals surface area contributed by atoms with Gasteiger partial charge in [-0.25, -0.2) is 0 Å². The van der Waals surface area contributed by atoms with Crippen molar-refractivity contribution in [2.24, 2.45) is 50.2 Å². The summed E-state index contributed by atoms with van der Waals surface area (Å²) in [6.07, 6.45) is -7.49. The first-order valence-electron chi connectivity index (χ1n) is 21.4. The predicted molar refractivity (Wildman–Crippen MR) is 205 cm³/mol. The van der Waals surface area contributed by atoms with Crippen molar-refractivity contribution in [2.75, 3.05) is 26.9 Å².